The number of amides is 1. The number of aliphatic carboxylic acids is 1. The number of hydrogen-bond donors (Lipinski definition) is 8. The van der Waals surface area contributed by atoms with Crippen LogP contribution in [0.2, 0.25) is 0 Å². The lowest BCUT2D eigenvalue weighted by Gasteiger charge is -2.42. The number of aliphatic hydroxyl groups is 6. The van der Waals surface area contributed by atoms with Crippen molar-refractivity contribution in [3.05, 3.63) is 0 Å². The average molecular weight is 397 g/mol. The van der Waals surface area contributed by atoms with Crippen molar-refractivity contribution in [2.75, 3.05) is 6.61 Å². The number of carbonyl (C=O) groups is 2. The van der Waals surface area contributed by atoms with Crippen molar-refractivity contribution >= 4 is 11.9 Å². The Labute approximate surface area is 152 Å². The molecule has 0 aliphatic carbocycles. The molecule has 0 spiro atoms. The van der Waals surface area contributed by atoms with Crippen LogP contribution in [0, 0.1) is 0 Å². The number of carboxylic acid groups (broad SMARTS) is 1. The minimum atomic E-state index is -1.86. The zero-order chi connectivity index (χ0) is 20.5. The molecule has 2 heterocycles. The average Bonchev–Trinajstić information content (AvgIpc) is 2.59. The molecule has 13 heteroatoms. The van der Waals surface area contributed by atoms with Crippen LogP contribution in [0.25, 0.3) is 0 Å². The van der Waals surface area contributed by atoms with Gasteiger partial charge in [0.15, 0.2) is 18.7 Å². The molecular weight excluding hydrogens is 374 g/mol. The smallest absolute Gasteiger partial charge is 0.335 e. The number of rotatable bonds is 5. The zero-order valence-corrected chi connectivity index (χ0v) is 14.2. The van der Waals surface area contributed by atoms with E-state index in [2.05, 4.69) is 5.32 Å². The quantitative estimate of drug-likeness (QED) is 0.218. The first-order valence-electron chi connectivity index (χ1n) is 8.05. The Kier molecular flexibility index (Phi) is 7.07. The van der Waals surface area contributed by atoms with Crippen LogP contribution in [0.1, 0.15) is 6.92 Å². The van der Waals surface area contributed by atoms with Crippen LogP contribution in [0.5, 0.6) is 0 Å². The van der Waals surface area contributed by atoms with Crippen LogP contribution in [0.15, 0.2) is 0 Å². The summed E-state index contributed by atoms with van der Waals surface area (Å²) in [6, 6.07) is -1.35. The second-order valence-electron chi connectivity index (χ2n) is 6.34. The Morgan fingerprint density at radius 1 is 0.926 bits per heavy atom. The molecule has 0 radical (unpaired) electrons. The molecule has 0 bridgehead atoms. The van der Waals surface area contributed by atoms with Gasteiger partial charge in [-0.3, -0.25) is 4.79 Å². The summed E-state index contributed by atoms with van der Waals surface area (Å²) < 4.78 is 15.3. The van der Waals surface area contributed by atoms with Gasteiger partial charge in [-0.15, -0.1) is 0 Å². The van der Waals surface area contributed by atoms with Crippen LogP contribution in [0.4, 0.5) is 0 Å². The maximum absolute atomic E-state index is 11.3. The van der Waals surface area contributed by atoms with Gasteiger partial charge in [0.05, 0.1) is 6.61 Å². The van der Waals surface area contributed by atoms with E-state index in [-0.39, 0.29) is 0 Å². The number of ether oxygens (including phenoxy) is 3. The molecule has 0 unspecified atom stereocenters. The number of carbonyl (C=O) groups excluding carboxylic acids is 1. The Bertz CT molecular complexity index is 546. The lowest BCUT2D eigenvalue weighted by Crippen LogP contribution is -2.66. The largest absolute Gasteiger partial charge is 0.479 e. The summed E-state index contributed by atoms with van der Waals surface area (Å²) in [6.07, 6.45) is -15.3. The normalized spacial score (nSPS) is 45.3. The number of aliphatic hydroxyl groups excluding tert-OH is 6. The van der Waals surface area contributed by atoms with Crippen molar-refractivity contribution in [3.63, 3.8) is 0 Å². The second kappa shape index (κ2) is 8.72. The van der Waals surface area contributed by atoms with E-state index in [0.717, 1.165) is 6.92 Å². The van der Waals surface area contributed by atoms with Gasteiger partial charge in [0.2, 0.25) is 5.91 Å². The first kappa shape index (κ1) is 21.9. The highest BCUT2D eigenvalue weighted by molar-refractivity contribution is 5.74. The van der Waals surface area contributed by atoms with E-state index in [1.54, 1.807) is 0 Å². The predicted molar refractivity (Wildman–Crippen MR) is 80.8 cm³/mol. The molecule has 2 aliphatic rings. The monoisotopic (exact) mass is 397 g/mol. The molecule has 0 aromatic heterocycles. The van der Waals surface area contributed by atoms with Crippen molar-refractivity contribution in [1.82, 2.24) is 5.32 Å². The van der Waals surface area contributed by atoms with E-state index in [9.17, 15) is 40.2 Å². The number of hydrogen-bond acceptors (Lipinski definition) is 11. The lowest BCUT2D eigenvalue weighted by molar-refractivity contribution is -0.309. The van der Waals surface area contributed by atoms with Crippen LogP contribution in [0.3, 0.4) is 0 Å². The Hall–Kier alpha value is -1.42. The molecule has 0 aromatic rings. The summed E-state index contributed by atoms with van der Waals surface area (Å²) in [4.78, 5) is 22.5. The first-order valence-corrected chi connectivity index (χ1v) is 8.05. The summed E-state index contributed by atoms with van der Waals surface area (Å²) in [6.45, 7) is 0.541. The molecule has 0 aromatic carbocycles. The molecule has 10 atom stereocenters. The maximum Gasteiger partial charge on any atom is 0.335 e. The highest BCUT2D eigenvalue weighted by Gasteiger charge is 2.49. The van der Waals surface area contributed by atoms with Crippen LogP contribution in [-0.2, 0) is 23.8 Å². The van der Waals surface area contributed by atoms with Gasteiger partial charge in [-0.1, -0.05) is 0 Å². The Morgan fingerprint density at radius 2 is 1.56 bits per heavy atom. The van der Waals surface area contributed by atoms with Crippen LogP contribution < -0.4 is 5.32 Å². The van der Waals surface area contributed by atoms with Gasteiger partial charge in [-0.05, 0) is 0 Å². The third kappa shape index (κ3) is 4.71. The standard InChI is InChI=1S/C14H23NO12/c1-3(16)15-5-7(18)9(20)11(12(22)23)27-14(5)25-2-4-6(17)8(19)10(21)13(24)26-4/h4-11,13-14,17-21,24H,2H2,1H3,(H,15,16)(H,22,23)/t4-,5+,6-,7-,8+,9+,10-,11+,13-,14-/m1/s1. The predicted octanol–water partition coefficient (Wildman–Crippen LogP) is -5.16. The van der Waals surface area contributed by atoms with Crippen molar-refractivity contribution in [1.29, 1.82) is 0 Å². The second-order valence-corrected chi connectivity index (χ2v) is 6.34. The highest BCUT2D eigenvalue weighted by Crippen LogP contribution is 2.25. The van der Waals surface area contributed by atoms with Crippen molar-refractivity contribution in [3.8, 4) is 0 Å². The molecule has 13 nitrogen and oxygen atoms in total. The van der Waals surface area contributed by atoms with E-state index in [1.165, 1.54) is 0 Å². The molecule has 27 heavy (non-hydrogen) atoms. The van der Waals surface area contributed by atoms with Gasteiger partial charge >= 0.3 is 5.97 Å². The van der Waals surface area contributed by atoms with E-state index >= 15 is 0 Å². The van der Waals surface area contributed by atoms with Gasteiger partial charge in [-0.25, -0.2) is 4.79 Å². The first-order chi connectivity index (χ1) is 12.5. The van der Waals surface area contributed by atoms with Gasteiger partial charge < -0.3 is 55.3 Å². The van der Waals surface area contributed by atoms with Gasteiger partial charge in [0.25, 0.3) is 0 Å². The number of carboxylic acids is 1. The summed E-state index contributed by atoms with van der Waals surface area (Å²) >= 11 is 0. The van der Waals surface area contributed by atoms with E-state index in [4.69, 9.17) is 19.3 Å². The Balaban J connectivity index is 2.10. The fourth-order valence-corrected chi connectivity index (χ4v) is 2.86. The molecule has 2 saturated heterocycles. The van der Waals surface area contributed by atoms with E-state index < -0.39 is 79.8 Å². The fraction of sp³-hybridized carbons (Fsp3) is 0.857. The molecular formula is C14H23NO12. The van der Waals surface area contributed by atoms with Crippen molar-refractivity contribution in [2.45, 2.75) is 68.3 Å². The zero-order valence-electron chi connectivity index (χ0n) is 14.2. The number of nitrogens with one attached hydrogen (secondary N) is 1. The molecule has 0 saturated carbocycles. The summed E-state index contributed by atoms with van der Waals surface area (Å²) in [5, 5.41) is 69.7. The lowest BCUT2D eigenvalue weighted by atomic mass is 9.96. The van der Waals surface area contributed by atoms with Gasteiger partial charge in [0.1, 0.15) is 42.7 Å². The van der Waals surface area contributed by atoms with E-state index in [0.29, 0.717) is 0 Å². The van der Waals surface area contributed by atoms with Gasteiger partial charge in [0, 0.05) is 6.92 Å². The SMILES string of the molecule is CC(=O)N[C@@H]1[C@H](OC[C@H]2O[C@@H](O)[C@H](O)[C@@H](O)[C@@H]2O)O[C@H](C(=O)O)[C@@H](O)[C@@H]1O. The highest BCUT2D eigenvalue weighted by atomic mass is 16.7. The molecule has 1 amide bonds. The molecule has 8 N–H and O–H groups in total. The molecule has 156 valence electrons. The minimum absolute atomic E-state index is 0.572. The summed E-state index contributed by atoms with van der Waals surface area (Å²) in [7, 11) is 0. The minimum Gasteiger partial charge on any atom is -0.479 e. The van der Waals surface area contributed by atoms with Crippen LogP contribution >= 0.6 is 0 Å². The van der Waals surface area contributed by atoms with Crippen LogP contribution in [-0.4, -0.2) is 116 Å². The summed E-state index contributed by atoms with van der Waals surface area (Å²) in [5.41, 5.74) is 0. The van der Waals surface area contributed by atoms with E-state index in [1.807, 2.05) is 0 Å². The molecule has 2 aliphatic heterocycles. The maximum atomic E-state index is 11.3. The topological polar surface area (TPSA) is 215 Å². The Morgan fingerprint density at radius 3 is 2.11 bits per heavy atom. The van der Waals surface area contributed by atoms with Crippen molar-refractivity contribution < 1.29 is 59.5 Å². The van der Waals surface area contributed by atoms with Gasteiger partial charge in [-0.2, -0.15) is 0 Å². The third-order valence-corrected chi connectivity index (χ3v) is 4.33. The third-order valence-electron chi connectivity index (χ3n) is 4.33. The van der Waals surface area contributed by atoms with Crippen molar-refractivity contribution in [2.24, 2.45) is 0 Å². The fourth-order valence-electron chi connectivity index (χ4n) is 2.86. The molecule has 2 rings (SSSR count). The summed E-state index contributed by atoms with van der Waals surface area (Å²) in [5.74, 6) is -2.21. The molecule has 2 fully saturated rings.